The van der Waals surface area contributed by atoms with Crippen LogP contribution in [-0.2, 0) is 21.7 Å². The van der Waals surface area contributed by atoms with Crippen LogP contribution in [-0.4, -0.2) is 6.54 Å². The van der Waals surface area contributed by atoms with Crippen LogP contribution in [0.5, 0.6) is 0 Å². The van der Waals surface area contributed by atoms with Crippen molar-refractivity contribution in [2.24, 2.45) is 0 Å². The lowest BCUT2D eigenvalue weighted by Crippen LogP contribution is -2.18. The van der Waals surface area contributed by atoms with Gasteiger partial charge in [0.25, 0.3) is 0 Å². The second-order valence-electron chi connectivity index (χ2n) is 27.1. The number of fused-ring (bicyclic) bond motifs is 9. The van der Waals surface area contributed by atoms with Gasteiger partial charge in [-0.15, -0.1) is 0 Å². The number of benzene rings is 10. The normalized spacial score (nSPS) is 14.9. The molecular weight excluding hydrogens is 995 g/mol. The number of allylic oxidation sites excluding steroid dienone is 4. The highest BCUT2D eigenvalue weighted by atomic mass is 16.3. The van der Waals surface area contributed by atoms with E-state index in [-0.39, 0.29) is 21.7 Å². The number of nitrogens with zero attached hydrogens (tertiary/aromatic N) is 1. The molecule has 0 spiro atoms. The molecule has 0 radical (unpaired) electrons. The van der Waals surface area contributed by atoms with E-state index in [1.165, 1.54) is 66.1 Å². The van der Waals surface area contributed by atoms with E-state index in [1.807, 2.05) is 0 Å². The molecule has 0 saturated carbocycles. The topological polar surface area (TPSA) is 29.5 Å². The summed E-state index contributed by atoms with van der Waals surface area (Å²) in [5.74, 6) is 0. The Morgan fingerprint density at radius 2 is 0.817 bits per heavy atom. The van der Waals surface area contributed by atoms with Gasteiger partial charge in [0.15, 0.2) is 0 Å². The van der Waals surface area contributed by atoms with Gasteiger partial charge in [0.1, 0.15) is 22.3 Å². The maximum Gasteiger partial charge on any atom is 0.143 e. The van der Waals surface area contributed by atoms with Gasteiger partial charge in [-0.25, -0.2) is 0 Å². The SMILES string of the molecule is C=C1/C=C(c2cc(C(C)(C)C)cc3c2oc2ccc(C(C)(C)C)cc23)\C=C/CN(c2ccc(-c3c4ccccc4c(-c4ccccc4)c4ccccc34)cc2)c2ccc(-c3cc(C(C)(C)C)cc4c3oc3ccc(C(C)(C)C)cc34)cc21. The van der Waals surface area contributed by atoms with E-state index >= 15 is 0 Å². The summed E-state index contributed by atoms with van der Waals surface area (Å²) in [5, 5.41) is 9.51. The number of furan rings is 2. The fraction of sp³-hybridized carbons (Fsp3) is 0.215. The molecular formula is C79H73NO2. The molecule has 3 heterocycles. The van der Waals surface area contributed by atoms with Crippen molar-refractivity contribution in [3.8, 4) is 33.4 Å². The molecule has 1 aliphatic heterocycles. The van der Waals surface area contributed by atoms with Crippen molar-refractivity contribution in [3.05, 3.63) is 240 Å². The van der Waals surface area contributed by atoms with Gasteiger partial charge in [-0.05, 0) is 183 Å². The zero-order valence-electron chi connectivity index (χ0n) is 49.7. The van der Waals surface area contributed by atoms with Crippen LogP contribution in [0.25, 0.3) is 110 Å². The molecule has 0 amide bonds. The van der Waals surface area contributed by atoms with E-state index in [9.17, 15) is 0 Å². The zero-order chi connectivity index (χ0) is 57.2. The molecule has 10 aromatic carbocycles. The van der Waals surface area contributed by atoms with E-state index in [1.54, 1.807) is 0 Å². The van der Waals surface area contributed by atoms with E-state index in [4.69, 9.17) is 15.4 Å². The highest BCUT2D eigenvalue weighted by Crippen LogP contribution is 2.48. The predicted octanol–water partition coefficient (Wildman–Crippen LogP) is 22.8. The number of anilines is 2. The number of rotatable bonds is 5. The van der Waals surface area contributed by atoms with Gasteiger partial charge in [-0.2, -0.15) is 0 Å². The van der Waals surface area contributed by atoms with Crippen LogP contribution in [0, 0.1) is 0 Å². The molecule has 3 nitrogen and oxygen atoms in total. The second kappa shape index (κ2) is 19.2. The molecule has 0 aliphatic carbocycles. The summed E-state index contributed by atoms with van der Waals surface area (Å²) in [6.45, 7) is 33.1. The van der Waals surface area contributed by atoms with Gasteiger partial charge < -0.3 is 13.7 Å². The molecule has 406 valence electrons. The first-order chi connectivity index (χ1) is 39.1. The van der Waals surface area contributed by atoms with Crippen LogP contribution >= 0.6 is 0 Å². The van der Waals surface area contributed by atoms with Crippen molar-refractivity contribution in [2.45, 2.75) is 105 Å². The van der Waals surface area contributed by atoms with Crippen molar-refractivity contribution in [1.82, 2.24) is 0 Å². The van der Waals surface area contributed by atoms with E-state index in [0.29, 0.717) is 6.54 Å². The Balaban J connectivity index is 1.01. The van der Waals surface area contributed by atoms with Crippen LogP contribution in [0.2, 0.25) is 0 Å². The Bertz CT molecular complexity index is 4560. The molecule has 0 N–H and O–H groups in total. The average molecular weight is 1070 g/mol. The molecule has 1 aliphatic rings. The molecule has 0 unspecified atom stereocenters. The molecule has 0 saturated heterocycles. The van der Waals surface area contributed by atoms with Crippen molar-refractivity contribution >= 4 is 87.9 Å². The van der Waals surface area contributed by atoms with E-state index in [2.05, 4.69) is 288 Å². The van der Waals surface area contributed by atoms with Gasteiger partial charge in [-0.1, -0.05) is 211 Å². The lowest BCUT2D eigenvalue weighted by Gasteiger charge is -2.27. The van der Waals surface area contributed by atoms with Crippen LogP contribution in [0.15, 0.2) is 216 Å². The number of hydrogen-bond donors (Lipinski definition) is 0. The zero-order valence-corrected chi connectivity index (χ0v) is 49.7. The van der Waals surface area contributed by atoms with E-state index < -0.39 is 0 Å². The first-order valence-corrected chi connectivity index (χ1v) is 29.2. The maximum absolute atomic E-state index is 6.98. The first kappa shape index (κ1) is 52.7. The van der Waals surface area contributed by atoms with Crippen LogP contribution in [0.3, 0.4) is 0 Å². The van der Waals surface area contributed by atoms with Gasteiger partial charge >= 0.3 is 0 Å². The molecule has 82 heavy (non-hydrogen) atoms. The Labute approximate surface area is 483 Å². The van der Waals surface area contributed by atoms with Crippen molar-refractivity contribution in [3.63, 3.8) is 0 Å². The lowest BCUT2D eigenvalue weighted by atomic mass is 9.83. The molecule has 2 aromatic heterocycles. The largest absolute Gasteiger partial charge is 0.455 e. The molecule has 3 heteroatoms. The minimum atomic E-state index is -0.126. The molecule has 12 aromatic rings. The summed E-state index contributed by atoms with van der Waals surface area (Å²) < 4.78 is 14.0. The third-order valence-corrected chi connectivity index (χ3v) is 17.2. The summed E-state index contributed by atoms with van der Waals surface area (Å²) in [7, 11) is 0. The summed E-state index contributed by atoms with van der Waals surface area (Å²) in [4.78, 5) is 2.45. The average Bonchev–Trinajstić information content (AvgIpc) is 2.12. The van der Waals surface area contributed by atoms with Crippen LogP contribution in [0.4, 0.5) is 11.4 Å². The van der Waals surface area contributed by atoms with Crippen LogP contribution in [0.1, 0.15) is 116 Å². The minimum Gasteiger partial charge on any atom is -0.455 e. The first-order valence-electron chi connectivity index (χ1n) is 29.2. The lowest BCUT2D eigenvalue weighted by molar-refractivity contribution is 0.589. The predicted molar refractivity (Wildman–Crippen MR) is 353 cm³/mol. The Hall–Kier alpha value is -8.66. The summed E-state index contributed by atoms with van der Waals surface area (Å²) in [6, 6.07) is 67.7. The quantitative estimate of drug-likeness (QED) is 0.161. The Morgan fingerprint density at radius 1 is 0.378 bits per heavy atom. The monoisotopic (exact) mass is 1070 g/mol. The molecule has 13 rings (SSSR count). The van der Waals surface area contributed by atoms with Gasteiger partial charge in [-0.3, -0.25) is 0 Å². The third-order valence-electron chi connectivity index (χ3n) is 17.2. The maximum atomic E-state index is 6.98. The summed E-state index contributed by atoms with van der Waals surface area (Å²) in [5.41, 5.74) is 21.6. The smallest absolute Gasteiger partial charge is 0.143 e. The van der Waals surface area contributed by atoms with Gasteiger partial charge in [0.05, 0.1) is 0 Å². The van der Waals surface area contributed by atoms with Crippen LogP contribution < -0.4 is 4.90 Å². The minimum absolute atomic E-state index is 0.0125. The fourth-order valence-corrected chi connectivity index (χ4v) is 12.5. The molecule has 0 bridgehead atoms. The molecule has 0 atom stereocenters. The third kappa shape index (κ3) is 9.16. The van der Waals surface area contributed by atoms with Crippen molar-refractivity contribution < 1.29 is 8.83 Å². The Kier molecular flexibility index (Phi) is 12.4. The number of hydrogen-bond acceptors (Lipinski definition) is 3. The van der Waals surface area contributed by atoms with Crippen molar-refractivity contribution in [1.29, 1.82) is 0 Å². The summed E-state index contributed by atoms with van der Waals surface area (Å²) in [6.07, 6.45) is 6.88. The van der Waals surface area contributed by atoms with Gasteiger partial charge in [0.2, 0.25) is 0 Å². The highest BCUT2D eigenvalue weighted by Gasteiger charge is 2.27. The van der Waals surface area contributed by atoms with Gasteiger partial charge in [0, 0.05) is 56.2 Å². The second-order valence-corrected chi connectivity index (χ2v) is 27.1. The Morgan fingerprint density at radius 3 is 1.32 bits per heavy atom. The summed E-state index contributed by atoms with van der Waals surface area (Å²) >= 11 is 0. The standard InChI is InChI=1S/C79H73NO2/c1-48-40-51(63-44-55(78(8,9)10)46-67-65-42-53(76(2,3)4)32-37-70(65)81-74(63)67)24-21-39-80(57-34-29-50(30-35-57)73-60-27-19-17-25-58(60)72(49-22-15-14-16-23-49)59-26-18-20-28-61(59)73)69-36-31-52(41-62(48)69)64-45-56(79(11,12)13)47-68-66-43-54(77(5,6)7)33-38-71(66)82-75(64)68/h14-38,40-47H,1,39H2,2-13H3/b24-21-,51-40+. The van der Waals surface area contributed by atoms with E-state index in [0.717, 1.165) is 88.7 Å². The molecule has 0 fully saturated rings. The highest BCUT2D eigenvalue weighted by molar-refractivity contribution is 6.21. The van der Waals surface area contributed by atoms with Crippen molar-refractivity contribution in [2.75, 3.05) is 11.4 Å². The fourth-order valence-electron chi connectivity index (χ4n) is 12.5.